The lowest BCUT2D eigenvalue weighted by Gasteiger charge is -2.13. The average molecular weight is 192 g/mol. The van der Waals surface area contributed by atoms with E-state index in [1.54, 1.807) is 7.11 Å². The SMILES string of the molecule is COc1cccc(OC2CCCC2)c1. The molecule has 14 heavy (non-hydrogen) atoms. The molecule has 0 amide bonds. The standard InChI is InChI=1S/C12H16O2/c1-13-11-7-4-8-12(9-11)14-10-5-2-3-6-10/h4,7-10H,2-3,5-6H2,1H3. The fraction of sp³-hybridized carbons (Fsp3) is 0.500. The van der Waals surface area contributed by atoms with Crippen molar-refractivity contribution in [2.24, 2.45) is 0 Å². The zero-order valence-electron chi connectivity index (χ0n) is 8.53. The van der Waals surface area contributed by atoms with Gasteiger partial charge in [0.2, 0.25) is 0 Å². The quantitative estimate of drug-likeness (QED) is 0.733. The maximum Gasteiger partial charge on any atom is 0.123 e. The Morgan fingerprint density at radius 1 is 1.14 bits per heavy atom. The minimum absolute atomic E-state index is 0.419. The molecule has 0 unspecified atom stereocenters. The lowest BCUT2D eigenvalue weighted by molar-refractivity contribution is 0.209. The minimum atomic E-state index is 0.419. The first-order chi connectivity index (χ1) is 6.88. The van der Waals surface area contributed by atoms with E-state index in [2.05, 4.69) is 0 Å². The molecule has 0 spiro atoms. The Bertz CT molecular complexity index is 290. The van der Waals surface area contributed by atoms with Gasteiger partial charge >= 0.3 is 0 Å². The monoisotopic (exact) mass is 192 g/mol. The molecule has 2 heteroatoms. The van der Waals surface area contributed by atoms with E-state index < -0.39 is 0 Å². The van der Waals surface area contributed by atoms with Crippen LogP contribution in [0, 0.1) is 0 Å². The molecule has 1 aromatic rings. The second-order valence-corrected chi connectivity index (χ2v) is 3.70. The largest absolute Gasteiger partial charge is 0.497 e. The smallest absolute Gasteiger partial charge is 0.123 e. The number of hydrogen-bond acceptors (Lipinski definition) is 2. The molecule has 1 aliphatic carbocycles. The maximum atomic E-state index is 5.84. The van der Waals surface area contributed by atoms with Crippen LogP contribution in [0.5, 0.6) is 11.5 Å². The first-order valence-corrected chi connectivity index (χ1v) is 5.19. The van der Waals surface area contributed by atoms with Gasteiger partial charge in [-0.25, -0.2) is 0 Å². The van der Waals surface area contributed by atoms with Gasteiger partial charge < -0.3 is 9.47 Å². The van der Waals surface area contributed by atoms with E-state index in [1.165, 1.54) is 25.7 Å². The van der Waals surface area contributed by atoms with Crippen molar-refractivity contribution in [2.75, 3.05) is 7.11 Å². The molecule has 0 heterocycles. The van der Waals surface area contributed by atoms with Gasteiger partial charge in [0.25, 0.3) is 0 Å². The van der Waals surface area contributed by atoms with Crippen LogP contribution in [0.2, 0.25) is 0 Å². The van der Waals surface area contributed by atoms with Gasteiger partial charge in [-0.1, -0.05) is 6.07 Å². The summed E-state index contributed by atoms with van der Waals surface area (Å²) >= 11 is 0. The molecule has 1 fully saturated rings. The molecule has 0 N–H and O–H groups in total. The van der Waals surface area contributed by atoms with E-state index in [0.29, 0.717) is 6.10 Å². The van der Waals surface area contributed by atoms with Crippen LogP contribution in [-0.2, 0) is 0 Å². The zero-order valence-corrected chi connectivity index (χ0v) is 8.53. The van der Waals surface area contributed by atoms with Crippen LogP contribution in [0.3, 0.4) is 0 Å². The fourth-order valence-electron chi connectivity index (χ4n) is 1.87. The number of methoxy groups -OCH3 is 1. The molecule has 1 aliphatic rings. The van der Waals surface area contributed by atoms with Gasteiger partial charge in [-0.2, -0.15) is 0 Å². The number of benzene rings is 1. The summed E-state index contributed by atoms with van der Waals surface area (Å²) in [6.45, 7) is 0. The van der Waals surface area contributed by atoms with Gasteiger partial charge in [-0.15, -0.1) is 0 Å². The normalized spacial score (nSPS) is 16.9. The highest BCUT2D eigenvalue weighted by Crippen LogP contribution is 2.26. The van der Waals surface area contributed by atoms with Crippen LogP contribution >= 0.6 is 0 Å². The zero-order chi connectivity index (χ0) is 9.80. The summed E-state index contributed by atoms with van der Waals surface area (Å²) in [7, 11) is 1.68. The van der Waals surface area contributed by atoms with Gasteiger partial charge in [-0.05, 0) is 37.8 Å². The highest BCUT2D eigenvalue weighted by molar-refractivity contribution is 5.32. The molecule has 0 aromatic heterocycles. The molecule has 2 rings (SSSR count). The summed E-state index contributed by atoms with van der Waals surface area (Å²) in [5, 5.41) is 0. The predicted molar refractivity (Wildman–Crippen MR) is 55.9 cm³/mol. The van der Waals surface area contributed by atoms with Crippen LogP contribution in [0.25, 0.3) is 0 Å². The third-order valence-electron chi connectivity index (χ3n) is 2.65. The molecular weight excluding hydrogens is 176 g/mol. The van der Waals surface area contributed by atoms with Crippen LogP contribution in [0.15, 0.2) is 24.3 Å². The van der Waals surface area contributed by atoms with Gasteiger partial charge in [0, 0.05) is 6.07 Å². The summed E-state index contributed by atoms with van der Waals surface area (Å²) in [6, 6.07) is 7.82. The summed E-state index contributed by atoms with van der Waals surface area (Å²) in [4.78, 5) is 0. The van der Waals surface area contributed by atoms with Crippen LogP contribution in [0.4, 0.5) is 0 Å². The number of rotatable bonds is 3. The molecule has 0 atom stereocenters. The van der Waals surface area contributed by atoms with E-state index in [1.807, 2.05) is 24.3 Å². The molecule has 76 valence electrons. The van der Waals surface area contributed by atoms with Crippen molar-refractivity contribution in [2.45, 2.75) is 31.8 Å². The second kappa shape index (κ2) is 4.36. The predicted octanol–water partition coefficient (Wildman–Crippen LogP) is 3.02. The summed E-state index contributed by atoms with van der Waals surface area (Å²) in [6.07, 6.45) is 5.40. The Balaban J connectivity index is 2.00. The number of hydrogen-bond donors (Lipinski definition) is 0. The van der Waals surface area contributed by atoms with Crippen LogP contribution < -0.4 is 9.47 Å². The third-order valence-corrected chi connectivity index (χ3v) is 2.65. The molecular formula is C12H16O2. The van der Waals surface area contributed by atoms with E-state index in [9.17, 15) is 0 Å². The Hall–Kier alpha value is -1.18. The molecule has 2 nitrogen and oxygen atoms in total. The van der Waals surface area contributed by atoms with Crippen molar-refractivity contribution in [3.05, 3.63) is 24.3 Å². The molecule has 0 saturated heterocycles. The van der Waals surface area contributed by atoms with Gasteiger partial charge in [0.1, 0.15) is 11.5 Å². The molecule has 0 bridgehead atoms. The van der Waals surface area contributed by atoms with Crippen molar-refractivity contribution < 1.29 is 9.47 Å². The summed E-state index contributed by atoms with van der Waals surface area (Å²) in [5.74, 6) is 1.79. The first kappa shape index (κ1) is 9.38. The van der Waals surface area contributed by atoms with Crippen LogP contribution in [0.1, 0.15) is 25.7 Å². The minimum Gasteiger partial charge on any atom is -0.497 e. The molecule has 1 saturated carbocycles. The Morgan fingerprint density at radius 3 is 2.57 bits per heavy atom. The van der Waals surface area contributed by atoms with Crippen molar-refractivity contribution in [1.82, 2.24) is 0 Å². The third kappa shape index (κ3) is 2.19. The molecule has 0 radical (unpaired) electrons. The van der Waals surface area contributed by atoms with Crippen molar-refractivity contribution in [3.8, 4) is 11.5 Å². The van der Waals surface area contributed by atoms with Crippen molar-refractivity contribution in [3.63, 3.8) is 0 Å². The lowest BCUT2D eigenvalue weighted by Crippen LogP contribution is -2.10. The van der Waals surface area contributed by atoms with E-state index in [-0.39, 0.29) is 0 Å². The molecule has 1 aromatic carbocycles. The topological polar surface area (TPSA) is 18.5 Å². The summed E-state index contributed by atoms with van der Waals surface area (Å²) < 4.78 is 11.0. The maximum absolute atomic E-state index is 5.84. The van der Waals surface area contributed by atoms with E-state index in [4.69, 9.17) is 9.47 Å². The molecule has 0 aliphatic heterocycles. The second-order valence-electron chi connectivity index (χ2n) is 3.70. The van der Waals surface area contributed by atoms with Crippen LogP contribution in [-0.4, -0.2) is 13.2 Å². The fourth-order valence-corrected chi connectivity index (χ4v) is 1.87. The Morgan fingerprint density at radius 2 is 1.86 bits per heavy atom. The summed E-state index contributed by atoms with van der Waals surface area (Å²) in [5.41, 5.74) is 0. The van der Waals surface area contributed by atoms with E-state index in [0.717, 1.165) is 11.5 Å². The van der Waals surface area contributed by atoms with Gasteiger partial charge in [-0.3, -0.25) is 0 Å². The van der Waals surface area contributed by atoms with Gasteiger partial charge in [0.05, 0.1) is 13.2 Å². The highest BCUT2D eigenvalue weighted by atomic mass is 16.5. The highest BCUT2D eigenvalue weighted by Gasteiger charge is 2.16. The average Bonchev–Trinajstić information content (AvgIpc) is 2.71. The Kier molecular flexibility index (Phi) is 2.92. The Labute approximate surface area is 84.8 Å². The van der Waals surface area contributed by atoms with E-state index >= 15 is 0 Å². The van der Waals surface area contributed by atoms with Crippen molar-refractivity contribution >= 4 is 0 Å². The first-order valence-electron chi connectivity index (χ1n) is 5.19. The number of ether oxygens (including phenoxy) is 2. The van der Waals surface area contributed by atoms with Crippen molar-refractivity contribution in [1.29, 1.82) is 0 Å². The van der Waals surface area contributed by atoms with Gasteiger partial charge in [0.15, 0.2) is 0 Å². The lowest BCUT2D eigenvalue weighted by atomic mass is 10.3.